The molecule has 0 unspecified atom stereocenters. The number of nitrogens with zero attached hydrogens (tertiary/aromatic N) is 1. The Morgan fingerprint density at radius 3 is 2.15 bits per heavy atom. The molecule has 5 rings (SSSR count). The Kier molecular flexibility index (Phi) is 3.44. The largest absolute Gasteiger partial charge is 0.392 e. The molecule has 0 saturated carbocycles. The number of aliphatic hydroxyl groups excluding tert-OH is 1. The summed E-state index contributed by atoms with van der Waals surface area (Å²) in [5.74, 6) is 0. The molecule has 5 aromatic rings. The van der Waals surface area contributed by atoms with Crippen LogP contribution in [0.5, 0.6) is 0 Å². The summed E-state index contributed by atoms with van der Waals surface area (Å²) in [6.07, 6.45) is 1.88. The van der Waals surface area contributed by atoms with Gasteiger partial charge in [0.25, 0.3) is 0 Å². The van der Waals surface area contributed by atoms with E-state index in [2.05, 4.69) is 59.6 Å². The van der Waals surface area contributed by atoms with E-state index >= 15 is 0 Å². The molecule has 2 heteroatoms. The van der Waals surface area contributed by atoms with Gasteiger partial charge in [0.1, 0.15) is 0 Å². The smallest absolute Gasteiger partial charge is 0.0780 e. The normalized spacial score (nSPS) is 11.4. The third-order valence-corrected chi connectivity index (χ3v) is 5.08. The molecule has 2 nitrogen and oxygen atoms in total. The molecule has 0 saturated heterocycles. The monoisotopic (exact) mass is 335 g/mol. The zero-order valence-corrected chi connectivity index (χ0v) is 14.2. The highest BCUT2D eigenvalue weighted by Gasteiger charge is 2.09. The van der Waals surface area contributed by atoms with E-state index in [0.29, 0.717) is 0 Å². The van der Waals surface area contributed by atoms with Crippen LogP contribution in [0.4, 0.5) is 0 Å². The minimum atomic E-state index is 0.0565. The number of pyridine rings is 1. The fourth-order valence-corrected chi connectivity index (χ4v) is 3.75. The topological polar surface area (TPSA) is 33.1 Å². The summed E-state index contributed by atoms with van der Waals surface area (Å²) in [7, 11) is 0. The summed E-state index contributed by atoms with van der Waals surface area (Å²) < 4.78 is 0. The third kappa shape index (κ3) is 2.27. The maximum Gasteiger partial charge on any atom is 0.0780 e. The molecule has 0 amide bonds. The predicted octanol–water partition coefficient (Wildman–Crippen LogP) is 5.70. The molecule has 0 atom stereocenters. The molecule has 1 heterocycles. The Morgan fingerprint density at radius 2 is 1.31 bits per heavy atom. The van der Waals surface area contributed by atoms with Crippen molar-refractivity contribution in [2.75, 3.05) is 0 Å². The minimum Gasteiger partial charge on any atom is -0.392 e. The van der Waals surface area contributed by atoms with E-state index in [4.69, 9.17) is 0 Å². The summed E-state index contributed by atoms with van der Waals surface area (Å²) in [4.78, 5) is 4.64. The maximum atomic E-state index is 9.26. The van der Waals surface area contributed by atoms with Gasteiger partial charge in [0.15, 0.2) is 0 Å². The summed E-state index contributed by atoms with van der Waals surface area (Å²) in [5.41, 5.74) is 2.95. The Morgan fingerprint density at radius 1 is 0.615 bits per heavy atom. The standard InChI is InChI=1S/C24H17NO/c26-15-16-5-7-18(8-6-16)24-23-12-11-20-19-4-2-1-3-17(19)9-10-21(20)22(23)13-14-25-24/h1-14,26H,15H2. The van der Waals surface area contributed by atoms with Crippen molar-refractivity contribution in [2.45, 2.75) is 6.61 Å². The van der Waals surface area contributed by atoms with Crippen molar-refractivity contribution in [2.24, 2.45) is 0 Å². The molecule has 0 aliphatic carbocycles. The van der Waals surface area contributed by atoms with Crippen molar-refractivity contribution >= 4 is 32.3 Å². The van der Waals surface area contributed by atoms with Gasteiger partial charge >= 0.3 is 0 Å². The second kappa shape index (κ2) is 5.94. The molecule has 0 radical (unpaired) electrons. The molecule has 124 valence electrons. The highest BCUT2D eigenvalue weighted by atomic mass is 16.3. The number of rotatable bonds is 2. The lowest BCUT2D eigenvalue weighted by Gasteiger charge is -2.11. The molecule has 0 spiro atoms. The van der Waals surface area contributed by atoms with Crippen molar-refractivity contribution in [1.82, 2.24) is 4.98 Å². The van der Waals surface area contributed by atoms with Crippen LogP contribution in [0.15, 0.2) is 85.1 Å². The van der Waals surface area contributed by atoms with Crippen LogP contribution in [-0.2, 0) is 6.61 Å². The van der Waals surface area contributed by atoms with Gasteiger partial charge in [-0.3, -0.25) is 4.98 Å². The van der Waals surface area contributed by atoms with E-state index in [9.17, 15) is 5.11 Å². The number of hydrogen-bond donors (Lipinski definition) is 1. The van der Waals surface area contributed by atoms with Crippen molar-refractivity contribution in [3.05, 3.63) is 90.6 Å². The van der Waals surface area contributed by atoms with Gasteiger partial charge in [0.2, 0.25) is 0 Å². The summed E-state index contributed by atoms with van der Waals surface area (Å²) in [6, 6.07) is 27.3. The third-order valence-electron chi connectivity index (χ3n) is 5.08. The zero-order chi connectivity index (χ0) is 17.5. The van der Waals surface area contributed by atoms with Gasteiger partial charge in [-0.05, 0) is 38.6 Å². The summed E-state index contributed by atoms with van der Waals surface area (Å²) in [6.45, 7) is 0.0565. The van der Waals surface area contributed by atoms with Gasteiger partial charge in [0, 0.05) is 17.1 Å². The van der Waals surface area contributed by atoms with E-state index in [1.54, 1.807) is 0 Å². The van der Waals surface area contributed by atoms with Gasteiger partial charge in [-0.15, -0.1) is 0 Å². The quantitative estimate of drug-likeness (QED) is 0.420. The van der Waals surface area contributed by atoms with Crippen molar-refractivity contribution in [3.8, 4) is 11.3 Å². The second-order valence-corrected chi connectivity index (χ2v) is 6.56. The van der Waals surface area contributed by atoms with E-state index in [0.717, 1.165) is 22.2 Å². The Bertz CT molecular complexity index is 1260. The Balaban J connectivity index is 1.81. The lowest BCUT2D eigenvalue weighted by atomic mass is 9.95. The molecule has 1 N–H and O–H groups in total. The number of aliphatic hydroxyl groups is 1. The van der Waals surface area contributed by atoms with Crippen molar-refractivity contribution < 1.29 is 5.11 Å². The fraction of sp³-hybridized carbons (Fsp3) is 0.0417. The van der Waals surface area contributed by atoms with Crippen molar-refractivity contribution in [3.63, 3.8) is 0 Å². The highest BCUT2D eigenvalue weighted by Crippen LogP contribution is 2.34. The van der Waals surface area contributed by atoms with Gasteiger partial charge in [-0.1, -0.05) is 72.8 Å². The zero-order valence-electron chi connectivity index (χ0n) is 14.2. The van der Waals surface area contributed by atoms with Crippen LogP contribution in [-0.4, -0.2) is 10.1 Å². The van der Waals surface area contributed by atoms with Gasteiger partial charge in [0.05, 0.1) is 12.3 Å². The average molecular weight is 335 g/mol. The van der Waals surface area contributed by atoms with E-state index < -0.39 is 0 Å². The Hall–Kier alpha value is -3.23. The molecule has 26 heavy (non-hydrogen) atoms. The number of hydrogen-bond acceptors (Lipinski definition) is 2. The van der Waals surface area contributed by atoms with Crippen LogP contribution in [0.3, 0.4) is 0 Å². The van der Waals surface area contributed by atoms with Gasteiger partial charge in [-0.2, -0.15) is 0 Å². The van der Waals surface area contributed by atoms with E-state index in [-0.39, 0.29) is 6.61 Å². The first-order chi connectivity index (χ1) is 12.8. The number of fused-ring (bicyclic) bond motifs is 5. The van der Waals surface area contributed by atoms with Crippen LogP contribution in [0.1, 0.15) is 5.56 Å². The molecule has 1 aromatic heterocycles. The minimum absolute atomic E-state index is 0.0565. The molecule has 0 fully saturated rings. The van der Waals surface area contributed by atoms with E-state index in [1.807, 2.05) is 30.5 Å². The molecule has 0 bridgehead atoms. The average Bonchev–Trinajstić information content (AvgIpc) is 2.73. The van der Waals surface area contributed by atoms with Crippen LogP contribution in [0.2, 0.25) is 0 Å². The predicted molar refractivity (Wildman–Crippen MR) is 108 cm³/mol. The van der Waals surface area contributed by atoms with Crippen molar-refractivity contribution in [1.29, 1.82) is 0 Å². The van der Waals surface area contributed by atoms with Crippen LogP contribution in [0, 0.1) is 0 Å². The molecule has 0 aliphatic heterocycles. The molecular weight excluding hydrogens is 318 g/mol. The lowest BCUT2D eigenvalue weighted by molar-refractivity contribution is 0.282. The summed E-state index contributed by atoms with van der Waals surface area (Å²) in [5, 5.41) is 16.7. The fourth-order valence-electron chi connectivity index (χ4n) is 3.75. The maximum absolute atomic E-state index is 9.26. The van der Waals surface area contributed by atoms with E-state index in [1.165, 1.54) is 26.9 Å². The lowest BCUT2D eigenvalue weighted by Crippen LogP contribution is -1.89. The first-order valence-corrected chi connectivity index (χ1v) is 8.74. The molecule has 4 aromatic carbocycles. The second-order valence-electron chi connectivity index (χ2n) is 6.56. The number of benzene rings is 4. The van der Waals surface area contributed by atoms with Gasteiger partial charge in [-0.25, -0.2) is 0 Å². The summed E-state index contributed by atoms with van der Waals surface area (Å²) >= 11 is 0. The highest BCUT2D eigenvalue weighted by molar-refractivity contribution is 6.18. The van der Waals surface area contributed by atoms with Crippen LogP contribution < -0.4 is 0 Å². The molecule has 0 aliphatic rings. The SMILES string of the molecule is OCc1ccc(-c2nccc3c2ccc2c4ccccc4ccc32)cc1. The number of aromatic nitrogens is 1. The Labute approximate surface area is 151 Å². The molecular formula is C24H17NO. The van der Waals surface area contributed by atoms with Gasteiger partial charge < -0.3 is 5.11 Å². The van der Waals surface area contributed by atoms with Crippen LogP contribution in [0.25, 0.3) is 43.6 Å². The first kappa shape index (κ1) is 15.1. The first-order valence-electron chi connectivity index (χ1n) is 8.74. The van der Waals surface area contributed by atoms with Crippen LogP contribution >= 0.6 is 0 Å².